The van der Waals surface area contributed by atoms with Gasteiger partial charge in [0, 0.05) is 0 Å². The summed E-state index contributed by atoms with van der Waals surface area (Å²) in [6.07, 6.45) is 1.29. The number of aromatic nitrogens is 2. The van der Waals surface area contributed by atoms with Gasteiger partial charge >= 0.3 is 13.4 Å². The van der Waals surface area contributed by atoms with Gasteiger partial charge in [-0.2, -0.15) is 4.68 Å². The quantitative estimate of drug-likeness (QED) is 0.430. The topological polar surface area (TPSA) is 96.5 Å². The lowest BCUT2D eigenvalue weighted by atomic mass is 10.4. The molecule has 102 valence electrons. The van der Waals surface area contributed by atoms with E-state index in [1.165, 1.54) is 10.9 Å². The molecular weight excluding hydrogens is 261 g/mol. The average Bonchev–Trinajstić information content (AvgIpc) is 2.59. The summed E-state index contributed by atoms with van der Waals surface area (Å²) in [5, 5.41) is 14.5. The summed E-state index contributed by atoms with van der Waals surface area (Å²) < 4.78 is 23.7. The zero-order valence-corrected chi connectivity index (χ0v) is 11.4. The van der Waals surface area contributed by atoms with Gasteiger partial charge in [-0.05, 0) is 18.8 Å². The van der Waals surface area contributed by atoms with Gasteiger partial charge in [0.05, 0.1) is 43.3 Å². The maximum atomic E-state index is 12.3. The number of hydrogen-bond donors (Lipinski definition) is 0. The molecule has 0 aliphatic carbocycles. The predicted octanol–water partition coefficient (Wildman–Crippen LogP) is 2.09. The van der Waals surface area contributed by atoms with Crippen LogP contribution >= 0.6 is 7.60 Å². The van der Waals surface area contributed by atoms with E-state index in [1.807, 2.05) is 0 Å². The fourth-order valence-electron chi connectivity index (χ4n) is 1.52. The molecule has 8 nitrogen and oxygen atoms in total. The van der Waals surface area contributed by atoms with Gasteiger partial charge in [-0.3, -0.25) is 4.57 Å². The molecular formula is C9H16N3O5P. The Morgan fingerprint density at radius 2 is 2.00 bits per heavy atom. The smallest absolute Gasteiger partial charge is 0.358 e. The first kappa shape index (κ1) is 14.8. The highest BCUT2D eigenvalue weighted by Gasteiger charge is 2.30. The van der Waals surface area contributed by atoms with Crippen molar-refractivity contribution >= 4 is 13.4 Å². The minimum Gasteiger partial charge on any atom is -0.358 e. The molecule has 0 N–H and O–H groups in total. The molecule has 1 heterocycles. The van der Waals surface area contributed by atoms with Crippen molar-refractivity contribution in [2.45, 2.75) is 20.0 Å². The molecule has 0 atom stereocenters. The van der Waals surface area contributed by atoms with Crippen LogP contribution in [0.25, 0.3) is 0 Å². The van der Waals surface area contributed by atoms with Crippen LogP contribution in [0.2, 0.25) is 0 Å². The Labute approximate surface area is 105 Å². The Morgan fingerprint density at radius 1 is 1.44 bits per heavy atom. The number of nitro groups is 1. The van der Waals surface area contributed by atoms with Crippen LogP contribution in [-0.2, 0) is 26.8 Å². The fourth-order valence-corrected chi connectivity index (χ4v) is 3.21. The van der Waals surface area contributed by atoms with Crippen LogP contribution in [0.15, 0.2) is 6.20 Å². The van der Waals surface area contributed by atoms with E-state index in [1.54, 1.807) is 20.9 Å². The van der Waals surface area contributed by atoms with Crippen molar-refractivity contribution in [2.24, 2.45) is 7.05 Å². The Balaban J connectivity index is 3.00. The van der Waals surface area contributed by atoms with Crippen molar-refractivity contribution in [1.29, 1.82) is 0 Å². The monoisotopic (exact) mass is 277 g/mol. The molecule has 9 heteroatoms. The highest BCUT2D eigenvalue weighted by molar-refractivity contribution is 7.53. The van der Waals surface area contributed by atoms with Crippen LogP contribution in [0.1, 0.15) is 19.4 Å². The summed E-state index contributed by atoms with van der Waals surface area (Å²) >= 11 is 0. The SMILES string of the molecule is CCOP(=O)(Cc1cn(C)nc1[N+](=O)[O-])OCC. The Morgan fingerprint density at radius 3 is 2.44 bits per heavy atom. The first-order chi connectivity index (χ1) is 8.41. The van der Waals surface area contributed by atoms with Gasteiger partial charge in [0.2, 0.25) is 0 Å². The number of nitrogens with zero attached hydrogens (tertiary/aromatic N) is 3. The third-order valence-electron chi connectivity index (χ3n) is 2.07. The lowest BCUT2D eigenvalue weighted by Gasteiger charge is -2.15. The minimum absolute atomic E-state index is 0.154. The predicted molar refractivity (Wildman–Crippen MR) is 64.4 cm³/mol. The van der Waals surface area contributed by atoms with Crippen molar-refractivity contribution in [3.8, 4) is 0 Å². The molecule has 1 aromatic rings. The Bertz CT molecular complexity index is 463. The molecule has 0 fully saturated rings. The summed E-state index contributed by atoms with van der Waals surface area (Å²) in [5.41, 5.74) is 0.243. The van der Waals surface area contributed by atoms with Crippen molar-refractivity contribution in [3.05, 3.63) is 21.9 Å². The van der Waals surface area contributed by atoms with Gasteiger partial charge in [-0.25, -0.2) is 0 Å². The van der Waals surface area contributed by atoms with Crippen LogP contribution < -0.4 is 0 Å². The van der Waals surface area contributed by atoms with E-state index >= 15 is 0 Å². The molecule has 1 aromatic heterocycles. The van der Waals surface area contributed by atoms with Gasteiger partial charge in [0.1, 0.15) is 0 Å². The summed E-state index contributed by atoms with van der Waals surface area (Å²) in [5.74, 6) is -0.322. The largest absolute Gasteiger partial charge is 0.393 e. The van der Waals surface area contributed by atoms with E-state index in [0.29, 0.717) is 0 Å². The van der Waals surface area contributed by atoms with Crippen molar-refractivity contribution in [3.63, 3.8) is 0 Å². The van der Waals surface area contributed by atoms with Crippen LogP contribution in [0, 0.1) is 10.1 Å². The van der Waals surface area contributed by atoms with Crippen molar-refractivity contribution in [1.82, 2.24) is 9.78 Å². The maximum Gasteiger partial charge on any atom is 0.393 e. The summed E-state index contributed by atoms with van der Waals surface area (Å²) in [6, 6.07) is 0. The molecule has 0 saturated carbocycles. The second kappa shape index (κ2) is 6.08. The highest BCUT2D eigenvalue weighted by atomic mass is 31.2. The van der Waals surface area contributed by atoms with Gasteiger partial charge in [0.25, 0.3) is 0 Å². The molecule has 0 aromatic carbocycles. The van der Waals surface area contributed by atoms with E-state index in [9.17, 15) is 14.7 Å². The second-order valence-electron chi connectivity index (χ2n) is 3.51. The van der Waals surface area contributed by atoms with E-state index in [-0.39, 0.29) is 30.8 Å². The number of aryl methyl sites for hydroxylation is 1. The first-order valence-corrected chi connectivity index (χ1v) is 7.19. The van der Waals surface area contributed by atoms with E-state index in [4.69, 9.17) is 9.05 Å². The number of hydrogen-bond acceptors (Lipinski definition) is 6. The molecule has 0 spiro atoms. The van der Waals surface area contributed by atoms with E-state index in [2.05, 4.69) is 5.10 Å². The van der Waals surface area contributed by atoms with Crippen LogP contribution in [0.5, 0.6) is 0 Å². The van der Waals surface area contributed by atoms with Gasteiger partial charge in [0.15, 0.2) is 0 Å². The molecule has 0 radical (unpaired) electrons. The molecule has 0 unspecified atom stereocenters. The highest BCUT2D eigenvalue weighted by Crippen LogP contribution is 2.52. The minimum atomic E-state index is -3.35. The van der Waals surface area contributed by atoms with E-state index in [0.717, 1.165) is 0 Å². The molecule has 0 saturated heterocycles. The zero-order valence-electron chi connectivity index (χ0n) is 10.5. The van der Waals surface area contributed by atoms with Crippen molar-refractivity contribution in [2.75, 3.05) is 13.2 Å². The van der Waals surface area contributed by atoms with Crippen LogP contribution in [0.3, 0.4) is 0 Å². The van der Waals surface area contributed by atoms with Gasteiger partial charge in [-0.1, -0.05) is 0 Å². The third-order valence-corrected chi connectivity index (χ3v) is 4.10. The first-order valence-electron chi connectivity index (χ1n) is 5.47. The summed E-state index contributed by atoms with van der Waals surface area (Å²) in [6.45, 7) is 3.79. The average molecular weight is 277 g/mol. The standard InChI is InChI=1S/C9H16N3O5P/c1-4-16-18(15,17-5-2)7-8-6-11(3)10-9(8)12(13)14/h6H,4-5,7H2,1-3H3. The van der Waals surface area contributed by atoms with Crippen LogP contribution in [-0.4, -0.2) is 27.9 Å². The molecule has 0 aliphatic heterocycles. The fraction of sp³-hybridized carbons (Fsp3) is 0.667. The molecule has 0 amide bonds. The molecule has 1 rings (SSSR count). The van der Waals surface area contributed by atoms with Gasteiger partial charge in [-0.15, -0.1) is 0 Å². The van der Waals surface area contributed by atoms with Crippen LogP contribution in [0.4, 0.5) is 5.82 Å². The van der Waals surface area contributed by atoms with Crippen molar-refractivity contribution < 1.29 is 18.5 Å². The normalized spacial score (nSPS) is 11.7. The third kappa shape index (κ3) is 3.63. The molecule has 18 heavy (non-hydrogen) atoms. The Kier molecular flexibility index (Phi) is 5.01. The number of rotatable bonds is 7. The second-order valence-corrected chi connectivity index (χ2v) is 5.57. The lowest BCUT2D eigenvalue weighted by molar-refractivity contribution is -0.390. The van der Waals surface area contributed by atoms with E-state index < -0.39 is 12.5 Å². The summed E-state index contributed by atoms with van der Waals surface area (Å²) in [4.78, 5) is 10.2. The maximum absolute atomic E-state index is 12.3. The summed E-state index contributed by atoms with van der Waals surface area (Å²) in [7, 11) is -1.79. The molecule has 0 bridgehead atoms. The zero-order chi connectivity index (χ0) is 13.8. The van der Waals surface area contributed by atoms with Gasteiger partial charge < -0.3 is 19.2 Å². The molecule has 0 aliphatic rings. The Hall–Kier alpha value is -1.24. The lowest BCUT2D eigenvalue weighted by Crippen LogP contribution is -2.00.